The first-order valence-electron chi connectivity index (χ1n) is 5.23. The number of nitrogens with zero attached hydrogens (tertiary/aromatic N) is 2. The smallest absolute Gasteiger partial charge is 0.132 e. The molecule has 0 amide bonds. The summed E-state index contributed by atoms with van der Waals surface area (Å²) in [5.74, 6) is 0.946. The average molecular weight is 288 g/mol. The quantitative estimate of drug-likeness (QED) is 0.811. The van der Waals surface area contributed by atoms with Crippen LogP contribution in [0.2, 0.25) is 0 Å². The standard InChI is InChI=1S/C11H18BrN3O/c1-15(4-3-5-16-2)11-9(7-13)6-10(12)8-14-11/h6,8H,3-5,7,13H2,1-2H3. The van der Waals surface area contributed by atoms with E-state index in [2.05, 4.69) is 25.8 Å². The minimum atomic E-state index is 0.496. The number of aromatic nitrogens is 1. The molecule has 0 aliphatic carbocycles. The van der Waals surface area contributed by atoms with Crippen LogP contribution in [0.5, 0.6) is 0 Å². The number of pyridine rings is 1. The van der Waals surface area contributed by atoms with Gasteiger partial charge in [0.15, 0.2) is 0 Å². The zero-order chi connectivity index (χ0) is 12.0. The molecule has 0 atom stereocenters. The molecule has 0 saturated carbocycles. The molecular weight excluding hydrogens is 270 g/mol. The maximum absolute atomic E-state index is 5.70. The third kappa shape index (κ3) is 3.73. The van der Waals surface area contributed by atoms with Crippen molar-refractivity contribution >= 4 is 21.7 Å². The highest BCUT2D eigenvalue weighted by Gasteiger charge is 2.08. The van der Waals surface area contributed by atoms with E-state index in [0.717, 1.165) is 35.4 Å². The Balaban J connectivity index is 2.70. The summed E-state index contributed by atoms with van der Waals surface area (Å²) in [5.41, 5.74) is 6.75. The Morgan fingerprint density at radius 3 is 2.94 bits per heavy atom. The van der Waals surface area contributed by atoms with Crippen LogP contribution in [0.4, 0.5) is 5.82 Å². The molecule has 0 spiro atoms. The Labute approximate surface area is 105 Å². The predicted molar refractivity (Wildman–Crippen MR) is 69.6 cm³/mol. The highest BCUT2D eigenvalue weighted by molar-refractivity contribution is 9.10. The van der Waals surface area contributed by atoms with Crippen LogP contribution in [0, 0.1) is 0 Å². The summed E-state index contributed by atoms with van der Waals surface area (Å²) < 4.78 is 5.98. The van der Waals surface area contributed by atoms with E-state index in [0.29, 0.717) is 6.54 Å². The summed E-state index contributed by atoms with van der Waals surface area (Å²) in [5, 5.41) is 0. The van der Waals surface area contributed by atoms with Crippen molar-refractivity contribution in [1.29, 1.82) is 0 Å². The van der Waals surface area contributed by atoms with E-state index in [-0.39, 0.29) is 0 Å². The first kappa shape index (κ1) is 13.4. The third-order valence-electron chi connectivity index (χ3n) is 2.33. The molecule has 1 heterocycles. The van der Waals surface area contributed by atoms with Crippen LogP contribution >= 0.6 is 15.9 Å². The van der Waals surface area contributed by atoms with Gasteiger partial charge >= 0.3 is 0 Å². The minimum absolute atomic E-state index is 0.496. The van der Waals surface area contributed by atoms with Crippen molar-refractivity contribution in [3.8, 4) is 0 Å². The minimum Gasteiger partial charge on any atom is -0.385 e. The maximum atomic E-state index is 5.70. The zero-order valence-electron chi connectivity index (χ0n) is 9.74. The van der Waals surface area contributed by atoms with Gasteiger partial charge in [-0.3, -0.25) is 0 Å². The second kappa shape index (κ2) is 6.83. The number of hydrogen-bond donors (Lipinski definition) is 1. The van der Waals surface area contributed by atoms with Crippen LogP contribution in [-0.2, 0) is 11.3 Å². The van der Waals surface area contributed by atoms with E-state index in [9.17, 15) is 0 Å². The van der Waals surface area contributed by atoms with Crippen molar-refractivity contribution in [2.75, 3.05) is 32.2 Å². The normalized spacial score (nSPS) is 10.5. The van der Waals surface area contributed by atoms with Gasteiger partial charge < -0.3 is 15.4 Å². The largest absolute Gasteiger partial charge is 0.385 e. The van der Waals surface area contributed by atoms with Gasteiger partial charge in [-0.2, -0.15) is 0 Å². The molecule has 90 valence electrons. The molecule has 0 aliphatic rings. The maximum Gasteiger partial charge on any atom is 0.132 e. The number of nitrogens with two attached hydrogens (primary N) is 1. The second-order valence-corrected chi connectivity index (χ2v) is 4.52. The summed E-state index contributed by atoms with van der Waals surface area (Å²) in [7, 11) is 3.73. The first-order chi connectivity index (χ1) is 7.69. The average Bonchev–Trinajstić information content (AvgIpc) is 2.29. The topological polar surface area (TPSA) is 51.4 Å². The van der Waals surface area contributed by atoms with E-state index in [4.69, 9.17) is 10.5 Å². The Hall–Kier alpha value is -0.650. The van der Waals surface area contributed by atoms with E-state index >= 15 is 0 Å². The van der Waals surface area contributed by atoms with Crippen molar-refractivity contribution in [2.45, 2.75) is 13.0 Å². The highest BCUT2D eigenvalue weighted by atomic mass is 79.9. The van der Waals surface area contributed by atoms with Gasteiger partial charge in [0.1, 0.15) is 5.82 Å². The highest BCUT2D eigenvalue weighted by Crippen LogP contribution is 2.20. The summed E-state index contributed by atoms with van der Waals surface area (Å²) in [6, 6.07) is 2.01. The molecule has 5 heteroatoms. The van der Waals surface area contributed by atoms with Crippen LogP contribution in [0.1, 0.15) is 12.0 Å². The van der Waals surface area contributed by atoms with Gasteiger partial charge in [0.05, 0.1) is 0 Å². The third-order valence-corrected chi connectivity index (χ3v) is 2.77. The van der Waals surface area contributed by atoms with E-state index in [1.807, 2.05) is 13.1 Å². The van der Waals surface area contributed by atoms with Gasteiger partial charge in [-0.05, 0) is 28.4 Å². The molecule has 16 heavy (non-hydrogen) atoms. The fourth-order valence-electron chi connectivity index (χ4n) is 1.52. The van der Waals surface area contributed by atoms with Crippen LogP contribution in [0.25, 0.3) is 0 Å². The van der Waals surface area contributed by atoms with Crippen molar-refractivity contribution in [1.82, 2.24) is 4.98 Å². The molecule has 1 aromatic heterocycles. The van der Waals surface area contributed by atoms with Crippen molar-refractivity contribution in [3.63, 3.8) is 0 Å². The number of ether oxygens (including phenoxy) is 1. The lowest BCUT2D eigenvalue weighted by Crippen LogP contribution is -2.23. The SMILES string of the molecule is COCCCN(C)c1ncc(Br)cc1CN. The summed E-state index contributed by atoms with van der Waals surface area (Å²) in [6.07, 6.45) is 2.77. The Morgan fingerprint density at radius 1 is 1.56 bits per heavy atom. The van der Waals surface area contributed by atoms with Gasteiger partial charge in [-0.15, -0.1) is 0 Å². The van der Waals surface area contributed by atoms with Crippen LogP contribution in [0.15, 0.2) is 16.7 Å². The van der Waals surface area contributed by atoms with Crippen molar-refractivity contribution in [2.24, 2.45) is 5.73 Å². The van der Waals surface area contributed by atoms with Gasteiger partial charge in [-0.1, -0.05) is 0 Å². The lowest BCUT2D eigenvalue weighted by molar-refractivity contribution is 0.196. The summed E-state index contributed by atoms with van der Waals surface area (Å²) in [4.78, 5) is 6.49. The molecule has 0 aromatic carbocycles. The van der Waals surface area contributed by atoms with Gasteiger partial charge in [0, 0.05) is 50.1 Å². The molecule has 1 aromatic rings. The molecule has 0 unspecified atom stereocenters. The molecule has 2 N–H and O–H groups in total. The lowest BCUT2D eigenvalue weighted by atomic mass is 10.2. The number of halogens is 1. The molecule has 0 aliphatic heterocycles. The van der Waals surface area contributed by atoms with Gasteiger partial charge in [0.2, 0.25) is 0 Å². The van der Waals surface area contributed by atoms with Crippen LogP contribution in [0.3, 0.4) is 0 Å². The molecule has 4 nitrogen and oxygen atoms in total. The molecule has 0 bridgehead atoms. The van der Waals surface area contributed by atoms with Crippen molar-refractivity contribution in [3.05, 3.63) is 22.3 Å². The fourth-order valence-corrected chi connectivity index (χ4v) is 1.90. The second-order valence-electron chi connectivity index (χ2n) is 3.61. The van der Waals surface area contributed by atoms with Crippen LogP contribution < -0.4 is 10.6 Å². The van der Waals surface area contributed by atoms with E-state index in [1.165, 1.54) is 0 Å². The number of rotatable bonds is 6. The van der Waals surface area contributed by atoms with Gasteiger partial charge in [-0.25, -0.2) is 4.98 Å². The number of hydrogen-bond acceptors (Lipinski definition) is 4. The first-order valence-corrected chi connectivity index (χ1v) is 6.03. The Bertz CT molecular complexity index is 333. The number of methoxy groups -OCH3 is 1. The molecule has 1 rings (SSSR count). The summed E-state index contributed by atoms with van der Waals surface area (Å²) >= 11 is 3.39. The fraction of sp³-hybridized carbons (Fsp3) is 0.545. The Kier molecular flexibility index (Phi) is 5.73. The van der Waals surface area contributed by atoms with Crippen LogP contribution in [-0.4, -0.2) is 32.3 Å². The molecular formula is C11H18BrN3O. The van der Waals surface area contributed by atoms with Gasteiger partial charge in [0.25, 0.3) is 0 Å². The molecule has 0 radical (unpaired) electrons. The molecule has 0 saturated heterocycles. The lowest BCUT2D eigenvalue weighted by Gasteiger charge is -2.20. The summed E-state index contributed by atoms with van der Waals surface area (Å²) in [6.45, 7) is 2.17. The molecule has 0 fully saturated rings. The van der Waals surface area contributed by atoms with Crippen molar-refractivity contribution < 1.29 is 4.74 Å². The predicted octanol–water partition coefficient (Wildman–Crippen LogP) is 1.78. The zero-order valence-corrected chi connectivity index (χ0v) is 11.3. The Morgan fingerprint density at radius 2 is 2.31 bits per heavy atom. The van der Waals surface area contributed by atoms with E-state index < -0.39 is 0 Å². The van der Waals surface area contributed by atoms with E-state index in [1.54, 1.807) is 13.3 Å². The number of anilines is 1. The monoisotopic (exact) mass is 287 g/mol.